The molecule has 0 aliphatic rings. The molecule has 0 aliphatic carbocycles. The minimum atomic E-state index is -1.78. The van der Waals surface area contributed by atoms with Crippen molar-refractivity contribution in [2.45, 2.75) is 197 Å². The van der Waals surface area contributed by atoms with Crippen molar-refractivity contribution in [2.24, 2.45) is 23.1 Å². The molecule has 10 atom stereocenters. The van der Waals surface area contributed by atoms with Gasteiger partial charge in [-0.1, -0.05) is 119 Å². The first kappa shape index (κ1) is 89.8. The highest BCUT2D eigenvalue weighted by atomic mass is 16.4. The standard InChI is InChI=1S/C74H104N16O19/c1-6-7-22-50(82-62(95)39-56(83-60(93)31-33-76)68(102)80-41-47-20-15-19-46-18-11-12-21-49(46)47)69(103)85-52(28-30-64(97)98)71(105)88-55(66(100)78-5)38-61(94)81-43(4)65(99)87-54(37-45-23-25-48(91)26-24-45)73(107)86-51(27-29-59(77)92)70(104)89-57(67(101)79-34-14-13-32-75)40-63(96)84-53(36-44-16-9-8-10-17-44)72(106)90-58(74(108)109)35-42(2)3/h8-12,15-21,23-26,42-43,50-58,91H,6-7,13-14,22,27-41,75-76H2,1-5H3,(H2,77,92)(H,78,100)(H,79,101)(H,80,102)(H,81,94)(H,82,95)(H,83,93)(H,84,96)(H,85,103)(H,86,107)(H,87,99)(H,88,105)(H,89,104)(H,90,106)(H,97,98)(H,108,109)/t43-,50-,51-,52-,53-,54-,55-,56-,57-,58-/m0/s1. The molecule has 0 heterocycles. The van der Waals surface area contributed by atoms with Crippen LogP contribution in [0.4, 0.5) is 0 Å². The summed E-state index contributed by atoms with van der Waals surface area (Å²) in [6.45, 7) is 6.69. The molecule has 22 N–H and O–H groups in total. The van der Waals surface area contributed by atoms with Crippen molar-refractivity contribution < 1.29 is 92.0 Å². The first-order valence-electron chi connectivity index (χ1n) is 36.0. The lowest BCUT2D eigenvalue weighted by Gasteiger charge is -2.27. The molecule has 14 amide bonds. The number of fused-ring (bicyclic) bond motifs is 1. The minimum absolute atomic E-state index is 0.0152. The zero-order chi connectivity index (χ0) is 80.7. The lowest BCUT2D eigenvalue weighted by molar-refractivity contribution is -0.143. The molecule has 0 aromatic heterocycles. The molecule has 594 valence electrons. The Labute approximate surface area is 630 Å². The summed E-state index contributed by atoms with van der Waals surface area (Å²) in [5.74, 6) is -16.5. The number of nitrogens with two attached hydrogens (primary N) is 3. The Balaban J connectivity index is 1.55. The van der Waals surface area contributed by atoms with Gasteiger partial charge in [-0.2, -0.15) is 0 Å². The number of phenols is 1. The van der Waals surface area contributed by atoms with E-state index in [1.54, 1.807) is 63.2 Å². The van der Waals surface area contributed by atoms with Crippen molar-refractivity contribution in [3.05, 3.63) is 114 Å². The summed E-state index contributed by atoms with van der Waals surface area (Å²) in [6.07, 6.45) is -3.82. The Bertz CT molecular complexity index is 3780. The molecule has 35 heteroatoms. The molecule has 0 saturated heterocycles. The van der Waals surface area contributed by atoms with Crippen molar-refractivity contribution in [3.8, 4) is 5.75 Å². The van der Waals surface area contributed by atoms with Crippen molar-refractivity contribution in [1.29, 1.82) is 0 Å². The quantitative estimate of drug-likeness (QED) is 0.0214. The van der Waals surface area contributed by atoms with Gasteiger partial charge in [0.05, 0.1) is 19.3 Å². The number of carbonyl (C=O) groups is 16. The van der Waals surface area contributed by atoms with Gasteiger partial charge in [0.25, 0.3) is 0 Å². The zero-order valence-corrected chi connectivity index (χ0v) is 61.8. The van der Waals surface area contributed by atoms with Crippen molar-refractivity contribution in [2.75, 3.05) is 26.7 Å². The maximum absolute atomic E-state index is 14.6. The van der Waals surface area contributed by atoms with Crippen LogP contribution in [0.5, 0.6) is 5.75 Å². The number of carboxylic acid groups (broad SMARTS) is 2. The minimum Gasteiger partial charge on any atom is -0.508 e. The molecular formula is C74H104N16O19. The molecule has 4 rings (SSSR count). The van der Waals surface area contributed by atoms with Crippen LogP contribution in [0, 0.1) is 5.92 Å². The third-order valence-electron chi connectivity index (χ3n) is 17.1. The number of amides is 14. The lowest BCUT2D eigenvalue weighted by atomic mass is 10.0. The largest absolute Gasteiger partial charge is 0.508 e. The second kappa shape index (κ2) is 47.1. The van der Waals surface area contributed by atoms with Crippen LogP contribution in [0.1, 0.15) is 134 Å². The molecule has 109 heavy (non-hydrogen) atoms. The van der Waals surface area contributed by atoms with E-state index in [1.807, 2.05) is 30.3 Å². The van der Waals surface area contributed by atoms with Gasteiger partial charge in [-0.3, -0.25) is 71.9 Å². The fraction of sp³-hybridized carbons (Fsp3) is 0.486. The third kappa shape index (κ3) is 33.0. The van der Waals surface area contributed by atoms with E-state index in [4.69, 9.17) is 17.2 Å². The number of phenolic OH excluding ortho intramolecular Hbond substituents is 1. The molecule has 0 fully saturated rings. The number of hydrogen-bond acceptors (Lipinski definition) is 19. The van der Waals surface area contributed by atoms with Gasteiger partial charge in [0.15, 0.2) is 0 Å². The van der Waals surface area contributed by atoms with E-state index >= 15 is 0 Å². The monoisotopic (exact) mass is 1520 g/mol. The van der Waals surface area contributed by atoms with Gasteiger partial charge < -0.3 is 102 Å². The van der Waals surface area contributed by atoms with E-state index in [0.717, 1.165) is 23.4 Å². The molecule has 0 saturated carbocycles. The number of carboxylic acids is 2. The molecule has 4 aromatic carbocycles. The van der Waals surface area contributed by atoms with Crippen molar-refractivity contribution in [3.63, 3.8) is 0 Å². The topological polar surface area (TPSA) is 568 Å². The summed E-state index contributed by atoms with van der Waals surface area (Å²) in [5.41, 5.74) is 18.4. The Kier molecular flexibility index (Phi) is 38.8. The second-order valence-corrected chi connectivity index (χ2v) is 26.5. The van der Waals surface area contributed by atoms with Crippen LogP contribution in [-0.4, -0.2) is 197 Å². The normalized spacial score (nSPS) is 13.7. The first-order chi connectivity index (χ1) is 51.8. The smallest absolute Gasteiger partial charge is 0.326 e. The Hall–Kier alpha value is -11.6. The predicted octanol–water partition coefficient (Wildman–Crippen LogP) is -1.91. The van der Waals surface area contributed by atoms with E-state index < -0.39 is 200 Å². The van der Waals surface area contributed by atoms with Crippen LogP contribution in [-0.2, 0) is 96.1 Å². The highest BCUT2D eigenvalue weighted by Crippen LogP contribution is 2.19. The summed E-state index contributed by atoms with van der Waals surface area (Å²) in [7, 11) is 1.16. The van der Waals surface area contributed by atoms with E-state index in [0.29, 0.717) is 36.8 Å². The van der Waals surface area contributed by atoms with Crippen molar-refractivity contribution >= 4 is 105 Å². The highest BCUT2D eigenvalue weighted by molar-refractivity contribution is 6.00. The molecular weight excluding hydrogens is 1420 g/mol. The Morgan fingerprint density at radius 1 is 0.422 bits per heavy atom. The van der Waals surface area contributed by atoms with Gasteiger partial charge in [0.2, 0.25) is 82.7 Å². The van der Waals surface area contributed by atoms with Crippen LogP contribution in [0.25, 0.3) is 10.8 Å². The number of primary amides is 1. The van der Waals surface area contributed by atoms with Crippen LogP contribution in [0.2, 0.25) is 0 Å². The first-order valence-corrected chi connectivity index (χ1v) is 36.0. The number of rotatable bonds is 49. The summed E-state index contributed by atoms with van der Waals surface area (Å²) in [6, 6.07) is 10.8. The molecule has 0 unspecified atom stereocenters. The summed E-state index contributed by atoms with van der Waals surface area (Å²) in [5, 5.41) is 63.8. The second-order valence-electron chi connectivity index (χ2n) is 26.5. The number of aliphatic carboxylic acids is 2. The van der Waals surface area contributed by atoms with Gasteiger partial charge in [0.1, 0.15) is 66.2 Å². The number of carbonyl (C=O) groups excluding carboxylic acids is 14. The maximum atomic E-state index is 14.6. The predicted molar refractivity (Wildman–Crippen MR) is 398 cm³/mol. The zero-order valence-electron chi connectivity index (χ0n) is 61.8. The Morgan fingerprint density at radius 2 is 0.890 bits per heavy atom. The van der Waals surface area contributed by atoms with Gasteiger partial charge in [-0.05, 0) is 97.5 Å². The molecule has 4 aromatic rings. The van der Waals surface area contributed by atoms with E-state index in [1.165, 1.54) is 31.2 Å². The van der Waals surface area contributed by atoms with Crippen LogP contribution < -0.4 is 86.3 Å². The average molecular weight is 1520 g/mol. The van der Waals surface area contributed by atoms with Crippen LogP contribution in [0.15, 0.2) is 97.1 Å². The van der Waals surface area contributed by atoms with Crippen molar-refractivity contribution in [1.82, 2.24) is 69.1 Å². The molecule has 0 bridgehead atoms. The molecule has 0 radical (unpaired) electrons. The summed E-state index contributed by atoms with van der Waals surface area (Å²) >= 11 is 0. The highest BCUT2D eigenvalue weighted by Gasteiger charge is 2.37. The van der Waals surface area contributed by atoms with E-state index in [9.17, 15) is 92.0 Å². The lowest BCUT2D eigenvalue weighted by Crippen LogP contribution is -2.59. The fourth-order valence-electron chi connectivity index (χ4n) is 11.2. The molecule has 0 aliphatic heterocycles. The van der Waals surface area contributed by atoms with Gasteiger partial charge in [0, 0.05) is 58.8 Å². The molecule has 35 nitrogen and oxygen atoms in total. The van der Waals surface area contributed by atoms with Crippen LogP contribution >= 0.6 is 0 Å². The SMILES string of the molecule is CCCC[C@H](NC(=O)C[C@H](NC(=O)CCN)C(=O)NCc1cccc2ccccc12)C(=O)N[C@@H](CCC(=O)O)C(=O)N[C@@H](CC(=O)N[C@@H](C)C(=O)N[C@@H](Cc1ccc(O)cc1)C(=O)N[C@@H](CCC(N)=O)C(=O)N[C@@H](CC(=O)N[C@@H](Cc1ccccc1)C(=O)N[C@@H](CC(C)C)C(=O)O)C(=O)NCCCCN)C(=O)NC. The number of benzene rings is 4. The number of nitrogens with one attached hydrogen (secondary N) is 13. The fourth-order valence-corrected chi connectivity index (χ4v) is 11.2. The van der Waals surface area contributed by atoms with E-state index in [2.05, 4.69) is 69.1 Å². The third-order valence-corrected chi connectivity index (χ3v) is 17.1. The summed E-state index contributed by atoms with van der Waals surface area (Å²) < 4.78 is 0. The maximum Gasteiger partial charge on any atom is 0.326 e. The summed E-state index contributed by atoms with van der Waals surface area (Å²) in [4.78, 5) is 217. The molecule has 0 spiro atoms. The number of hydrogen-bond donors (Lipinski definition) is 19. The van der Waals surface area contributed by atoms with Gasteiger partial charge in [-0.25, -0.2) is 4.79 Å². The number of aromatic hydroxyl groups is 1. The van der Waals surface area contributed by atoms with Gasteiger partial charge in [-0.15, -0.1) is 0 Å². The Morgan fingerprint density at radius 3 is 1.44 bits per heavy atom. The van der Waals surface area contributed by atoms with Gasteiger partial charge >= 0.3 is 11.9 Å². The number of likely N-dealkylation sites (N-methyl/N-ethyl adjacent to an activating group) is 1. The van der Waals surface area contributed by atoms with Crippen LogP contribution in [0.3, 0.4) is 0 Å². The van der Waals surface area contributed by atoms with E-state index in [-0.39, 0.29) is 70.0 Å². The number of unbranched alkanes of at least 4 members (excludes halogenated alkanes) is 2. The average Bonchev–Trinajstić information content (AvgIpc) is 0.840.